The normalized spacial score (nSPS) is 11.3. The molecule has 0 aliphatic heterocycles. The van der Waals surface area contributed by atoms with Crippen molar-refractivity contribution in [2.75, 3.05) is 13.1 Å². The van der Waals surface area contributed by atoms with Crippen LogP contribution in [0.2, 0.25) is 0 Å². The molecule has 138 valence electrons. The first-order chi connectivity index (χ1) is 13.0. The zero-order chi connectivity index (χ0) is 19.0. The summed E-state index contributed by atoms with van der Waals surface area (Å²) in [5, 5.41) is 0. The highest BCUT2D eigenvalue weighted by molar-refractivity contribution is 5.97. The molecule has 0 unspecified atom stereocenters. The Hall–Kier alpha value is -3.35. The SMILES string of the molecule is CCN(CCc1nc2ccc(C)cc2[nH]1)C(=O)c1ccc2[nH]c(=O)[nH]c2c1. The molecule has 2 aromatic carbocycles. The summed E-state index contributed by atoms with van der Waals surface area (Å²) in [6.45, 7) is 5.16. The van der Waals surface area contributed by atoms with Crippen molar-refractivity contribution in [1.29, 1.82) is 0 Å². The molecule has 0 aliphatic rings. The lowest BCUT2D eigenvalue weighted by molar-refractivity contribution is 0.0765. The fourth-order valence-corrected chi connectivity index (χ4v) is 3.29. The van der Waals surface area contributed by atoms with E-state index in [1.807, 2.05) is 26.0 Å². The average molecular weight is 363 g/mol. The quantitative estimate of drug-likeness (QED) is 0.508. The average Bonchev–Trinajstić information content (AvgIpc) is 3.22. The number of aromatic amines is 3. The zero-order valence-corrected chi connectivity index (χ0v) is 15.3. The Bertz CT molecular complexity index is 1180. The second-order valence-electron chi connectivity index (χ2n) is 6.68. The van der Waals surface area contributed by atoms with E-state index >= 15 is 0 Å². The molecular formula is C20H21N5O2. The number of imidazole rings is 2. The maximum absolute atomic E-state index is 12.9. The number of nitrogens with one attached hydrogen (secondary N) is 3. The van der Waals surface area contributed by atoms with Crippen molar-refractivity contribution in [3.63, 3.8) is 0 Å². The molecule has 0 fully saturated rings. The molecule has 27 heavy (non-hydrogen) atoms. The highest BCUT2D eigenvalue weighted by Gasteiger charge is 2.16. The first-order valence-electron chi connectivity index (χ1n) is 9.00. The van der Waals surface area contributed by atoms with Crippen molar-refractivity contribution >= 4 is 28.0 Å². The highest BCUT2D eigenvalue weighted by atomic mass is 16.2. The molecule has 7 heteroatoms. The molecule has 3 N–H and O–H groups in total. The van der Waals surface area contributed by atoms with Gasteiger partial charge >= 0.3 is 5.69 Å². The van der Waals surface area contributed by atoms with Crippen LogP contribution in [-0.4, -0.2) is 43.8 Å². The lowest BCUT2D eigenvalue weighted by Crippen LogP contribution is -2.32. The van der Waals surface area contributed by atoms with E-state index in [0.717, 1.165) is 16.9 Å². The number of carbonyl (C=O) groups excluding carboxylic acids is 1. The number of aryl methyl sites for hydroxylation is 1. The number of amides is 1. The Labute approximate surface area is 155 Å². The topological polar surface area (TPSA) is 97.6 Å². The lowest BCUT2D eigenvalue weighted by Gasteiger charge is -2.20. The van der Waals surface area contributed by atoms with E-state index in [1.165, 1.54) is 5.56 Å². The summed E-state index contributed by atoms with van der Waals surface area (Å²) >= 11 is 0. The Morgan fingerprint density at radius 3 is 2.67 bits per heavy atom. The number of benzene rings is 2. The van der Waals surface area contributed by atoms with Crippen LogP contribution in [0.5, 0.6) is 0 Å². The summed E-state index contributed by atoms with van der Waals surface area (Å²) in [5.74, 6) is 0.806. The number of nitrogens with zero attached hydrogens (tertiary/aromatic N) is 2. The molecule has 4 aromatic rings. The van der Waals surface area contributed by atoms with Gasteiger partial charge in [-0.2, -0.15) is 0 Å². The number of fused-ring (bicyclic) bond motifs is 2. The number of hydrogen-bond donors (Lipinski definition) is 3. The van der Waals surface area contributed by atoms with Gasteiger partial charge < -0.3 is 19.9 Å². The Balaban J connectivity index is 1.51. The first kappa shape index (κ1) is 17.1. The van der Waals surface area contributed by atoms with Gasteiger partial charge in [-0.15, -0.1) is 0 Å². The van der Waals surface area contributed by atoms with Crippen molar-refractivity contribution in [3.8, 4) is 0 Å². The van der Waals surface area contributed by atoms with Crippen LogP contribution in [0.4, 0.5) is 0 Å². The fraction of sp³-hybridized carbons (Fsp3) is 0.250. The van der Waals surface area contributed by atoms with Crippen molar-refractivity contribution in [2.45, 2.75) is 20.3 Å². The van der Waals surface area contributed by atoms with Crippen molar-refractivity contribution in [2.24, 2.45) is 0 Å². The molecular weight excluding hydrogens is 342 g/mol. The van der Waals surface area contributed by atoms with Gasteiger partial charge in [0.1, 0.15) is 5.82 Å². The van der Waals surface area contributed by atoms with Gasteiger partial charge in [0, 0.05) is 25.1 Å². The second-order valence-corrected chi connectivity index (χ2v) is 6.68. The van der Waals surface area contributed by atoms with Gasteiger partial charge in [0.15, 0.2) is 0 Å². The van der Waals surface area contributed by atoms with E-state index in [1.54, 1.807) is 23.1 Å². The number of carbonyl (C=O) groups is 1. The molecule has 1 amide bonds. The minimum Gasteiger partial charge on any atom is -0.342 e. The van der Waals surface area contributed by atoms with Gasteiger partial charge in [-0.3, -0.25) is 4.79 Å². The zero-order valence-electron chi connectivity index (χ0n) is 15.3. The van der Waals surface area contributed by atoms with E-state index in [2.05, 4.69) is 26.0 Å². The van der Waals surface area contributed by atoms with Crippen LogP contribution in [-0.2, 0) is 6.42 Å². The molecule has 7 nitrogen and oxygen atoms in total. The molecule has 2 heterocycles. The van der Waals surface area contributed by atoms with Gasteiger partial charge in [0.25, 0.3) is 5.91 Å². The molecule has 0 saturated carbocycles. The third kappa shape index (κ3) is 3.36. The number of rotatable bonds is 5. The maximum atomic E-state index is 12.9. The number of aromatic nitrogens is 4. The Kier molecular flexibility index (Phi) is 4.27. The van der Waals surface area contributed by atoms with Crippen LogP contribution in [0.25, 0.3) is 22.1 Å². The number of likely N-dealkylation sites (N-methyl/N-ethyl adjacent to an activating group) is 1. The lowest BCUT2D eigenvalue weighted by atomic mass is 10.1. The van der Waals surface area contributed by atoms with Crippen LogP contribution in [0, 0.1) is 6.92 Å². The summed E-state index contributed by atoms with van der Waals surface area (Å²) < 4.78 is 0. The Morgan fingerprint density at radius 1 is 1.04 bits per heavy atom. The number of hydrogen-bond acceptors (Lipinski definition) is 3. The third-order valence-electron chi connectivity index (χ3n) is 4.74. The molecule has 0 spiro atoms. The predicted octanol–water partition coefficient (Wildman–Crippen LogP) is 2.75. The van der Waals surface area contributed by atoms with Crippen molar-refractivity contribution < 1.29 is 4.79 Å². The number of H-pyrrole nitrogens is 3. The fourth-order valence-electron chi connectivity index (χ4n) is 3.29. The summed E-state index contributed by atoms with van der Waals surface area (Å²) in [4.78, 5) is 39.3. The van der Waals surface area contributed by atoms with Crippen molar-refractivity contribution in [3.05, 3.63) is 63.8 Å². The molecule has 0 atom stereocenters. The van der Waals surface area contributed by atoms with Gasteiger partial charge in [0.2, 0.25) is 0 Å². The van der Waals surface area contributed by atoms with Gasteiger partial charge in [-0.05, 0) is 49.7 Å². The third-order valence-corrected chi connectivity index (χ3v) is 4.74. The minimum absolute atomic E-state index is 0.0617. The highest BCUT2D eigenvalue weighted by Crippen LogP contribution is 2.15. The molecule has 0 radical (unpaired) electrons. The van der Waals surface area contributed by atoms with Gasteiger partial charge in [-0.1, -0.05) is 6.07 Å². The minimum atomic E-state index is -0.276. The van der Waals surface area contributed by atoms with Crippen LogP contribution >= 0.6 is 0 Å². The summed E-state index contributed by atoms with van der Waals surface area (Å²) in [6, 6.07) is 11.3. The largest absolute Gasteiger partial charge is 0.342 e. The molecule has 0 saturated heterocycles. The molecule has 4 rings (SSSR count). The van der Waals surface area contributed by atoms with E-state index < -0.39 is 0 Å². The van der Waals surface area contributed by atoms with Gasteiger partial charge in [0.05, 0.1) is 22.1 Å². The van der Waals surface area contributed by atoms with E-state index in [-0.39, 0.29) is 11.6 Å². The second kappa shape index (κ2) is 6.75. The van der Waals surface area contributed by atoms with E-state index in [4.69, 9.17) is 0 Å². The molecule has 2 aromatic heterocycles. The summed E-state index contributed by atoms with van der Waals surface area (Å²) in [5.41, 5.74) is 4.74. The van der Waals surface area contributed by atoms with E-state index in [9.17, 15) is 9.59 Å². The van der Waals surface area contributed by atoms with Crippen LogP contribution in [0.1, 0.15) is 28.7 Å². The van der Waals surface area contributed by atoms with Crippen LogP contribution in [0.3, 0.4) is 0 Å². The van der Waals surface area contributed by atoms with Crippen molar-refractivity contribution in [1.82, 2.24) is 24.8 Å². The summed E-state index contributed by atoms with van der Waals surface area (Å²) in [6.07, 6.45) is 0.649. The Morgan fingerprint density at radius 2 is 1.85 bits per heavy atom. The summed E-state index contributed by atoms with van der Waals surface area (Å²) in [7, 11) is 0. The van der Waals surface area contributed by atoms with Gasteiger partial charge in [-0.25, -0.2) is 9.78 Å². The maximum Gasteiger partial charge on any atom is 0.323 e. The van der Waals surface area contributed by atoms with E-state index in [0.29, 0.717) is 36.1 Å². The molecule has 0 aliphatic carbocycles. The van der Waals surface area contributed by atoms with Crippen LogP contribution < -0.4 is 5.69 Å². The standard InChI is InChI=1S/C20H21N5O2/c1-3-25(9-8-18-21-14-6-4-12(2)10-16(14)22-18)19(26)13-5-7-15-17(11-13)24-20(27)23-15/h4-7,10-11H,3,8-9H2,1-2H3,(H,21,22)(H2,23,24,27). The monoisotopic (exact) mass is 363 g/mol. The molecule has 0 bridgehead atoms. The van der Waals surface area contributed by atoms with Crippen LogP contribution in [0.15, 0.2) is 41.2 Å². The first-order valence-corrected chi connectivity index (χ1v) is 9.00. The smallest absolute Gasteiger partial charge is 0.323 e. The predicted molar refractivity (Wildman–Crippen MR) is 105 cm³/mol.